The van der Waals surface area contributed by atoms with E-state index in [0.29, 0.717) is 30.0 Å². The molecule has 7 nitrogen and oxygen atoms in total. The number of carbonyl (C=O) groups excluding carboxylic acids is 2. The number of carbonyl (C=O) groups is 2. The summed E-state index contributed by atoms with van der Waals surface area (Å²) in [5.74, 6) is 1.09. The van der Waals surface area contributed by atoms with Crippen molar-refractivity contribution in [2.45, 2.75) is 25.4 Å². The van der Waals surface area contributed by atoms with Gasteiger partial charge >= 0.3 is 5.97 Å². The Morgan fingerprint density at radius 3 is 2.52 bits per heavy atom. The van der Waals surface area contributed by atoms with Crippen molar-refractivity contribution in [3.8, 4) is 17.3 Å². The number of nitrogens with zero attached hydrogens (tertiary/aromatic N) is 2. The van der Waals surface area contributed by atoms with Gasteiger partial charge in [-0.25, -0.2) is 9.78 Å². The summed E-state index contributed by atoms with van der Waals surface area (Å²) in [5.41, 5.74) is 0.358. The molecule has 3 heterocycles. The van der Waals surface area contributed by atoms with Crippen molar-refractivity contribution >= 4 is 11.9 Å². The summed E-state index contributed by atoms with van der Waals surface area (Å²) in [6.45, 7) is 0.689. The van der Waals surface area contributed by atoms with Crippen LogP contribution in [0.3, 0.4) is 0 Å². The molecule has 0 saturated carbocycles. The Kier molecular flexibility index (Phi) is 5.56. The van der Waals surface area contributed by atoms with E-state index in [1.165, 1.54) is 6.20 Å². The van der Waals surface area contributed by atoms with E-state index in [2.05, 4.69) is 10.3 Å². The number of ether oxygens (including phenoxy) is 2. The molecule has 4 rings (SSSR count). The van der Waals surface area contributed by atoms with Crippen molar-refractivity contribution in [3.63, 3.8) is 0 Å². The third kappa shape index (κ3) is 4.63. The van der Waals surface area contributed by atoms with Gasteiger partial charge in [0.05, 0.1) is 5.56 Å². The Hall–Kier alpha value is -3.61. The van der Waals surface area contributed by atoms with E-state index < -0.39 is 12.1 Å². The van der Waals surface area contributed by atoms with E-state index in [-0.39, 0.29) is 5.91 Å². The zero-order valence-electron chi connectivity index (χ0n) is 15.8. The lowest BCUT2D eigenvalue weighted by atomic mass is 10.2. The minimum Gasteiger partial charge on any atom is -0.481 e. The largest absolute Gasteiger partial charge is 0.481 e. The van der Waals surface area contributed by atoms with E-state index in [0.717, 1.165) is 18.7 Å². The Bertz CT molecular complexity index is 966. The molecule has 148 valence electrons. The number of pyridine rings is 1. The molecule has 0 aliphatic carbocycles. The third-order valence-electron chi connectivity index (χ3n) is 4.65. The van der Waals surface area contributed by atoms with Crippen LogP contribution in [0, 0.1) is 0 Å². The van der Waals surface area contributed by atoms with Gasteiger partial charge in [-0.3, -0.25) is 4.79 Å². The molecule has 0 unspecified atom stereocenters. The molecule has 1 aromatic carbocycles. The lowest BCUT2D eigenvalue weighted by molar-refractivity contribution is -0.127. The van der Waals surface area contributed by atoms with E-state index in [1.807, 2.05) is 29.1 Å². The summed E-state index contributed by atoms with van der Waals surface area (Å²) in [6.07, 6.45) is 7.34. The van der Waals surface area contributed by atoms with E-state index in [9.17, 15) is 9.59 Å². The second-order valence-corrected chi connectivity index (χ2v) is 6.75. The zero-order valence-corrected chi connectivity index (χ0v) is 15.8. The van der Waals surface area contributed by atoms with Crippen LogP contribution in [0.5, 0.6) is 11.5 Å². The molecule has 0 bridgehead atoms. The first-order valence-electron chi connectivity index (χ1n) is 9.55. The molecular weight excluding hydrogens is 370 g/mol. The Morgan fingerprint density at radius 2 is 1.79 bits per heavy atom. The van der Waals surface area contributed by atoms with Gasteiger partial charge in [-0.15, -0.1) is 0 Å². The van der Waals surface area contributed by atoms with Crippen LogP contribution in [0.15, 0.2) is 67.1 Å². The molecule has 1 aliphatic rings. The highest BCUT2D eigenvalue weighted by atomic mass is 16.5. The van der Waals surface area contributed by atoms with Crippen LogP contribution in [0.4, 0.5) is 0 Å². The monoisotopic (exact) mass is 391 g/mol. The van der Waals surface area contributed by atoms with Gasteiger partial charge in [-0.1, -0.05) is 0 Å². The number of amides is 1. The maximum atomic E-state index is 12.3. The summed E-state index contributed by atoms with van der Waals surface area (Å²) in [5, 5.41) is 2.84. The highest BCUT2D eigenvalue weighted by Gasteiger charge is 2.22. The number of hydrogen-bond donors (Lipinski definition) is 1. The van der Waals surface area contributed by atoms with E-state index >= 15 is 0 Å². The normalized spacial score (nSPS) is 16.6. The minimum atomic E-state index is -0.492. The van der Waals surface area contributed by atoms with Crippen LogP contribution in [0.2, 0.25) is 0 Å². The highest BCUT2D eigenvalue weighted by molar-refractivity contribution is 5.90. The van der Waals surface area contributed by atoms with Crippen molar-refractivity contribution in [1.82, 2.24) is 14.9 Å². The second-order valence-electron chi connectivity index (χ2n) is 6.75. The summed E-state index contributed by atoms with van der Waals surface area (Å²) in [6, 6.07) is 13.9. The van der Waals surface area contributed by atoms with Crippen LogP contribution in [0.25, 0.3) is 5.82 Å². The molecule has 1 amide bonds. The maximum absolute atomic E-state index is 12.3. The van der Waals surface area contributed by atoms with Gasteiger partial charge in [0.15, 0.2) is 6.10 Å². The summed E-state index contributed by atoms with van der Waals surface area (Å²) in [7, 11) is 0. The molecule has 0 radical (unpaired) electrons. The first-order valence-corrected chi connectivity index (χ1v) is 9.55. The number of hydrogen-bond acceptors (Lipinski definition) is 5. The highest BCUT2D eigenvalue weighted by Crippen LogP contribution is 2.21. The first kappa shape index (κ1) is 18.7. The summed E-state index contributed by atoms with van der Waals surface area (Å²) < 4.78 is 13.0. The molecule has 1 fully saturated rings. The fourth-order valence-corrected chi connectivity index (χ4v) is 3.09. The number of rotatable bonds is 5. The average Bonchev–Trinajstić information content (AvgIpc) is 3.21. The van der Waals surface area contributed by atoms with E-state index in [4.69, 9.17) is 9.47 Å². The van der Waals surface area contributed by atoms with Crippen LogP contribution in [0.1, 0.15) is 29.6 Å². The molecular formula is C22H21N3O4. The van der Waals surface area contributed by atoms with Crippen molar-refractivity contribution < 1.29 is 19.1 Å². The van der Waals surface area contributed by atoms with Gasteiger partial charge in [-0.05, 0) is 67.8 Å². The maximum Gasteiger partial charge on any atom is 0.345 e. The number of esters is 1. The Morgan fingerprint density at radius 1 is 1.03 bits per heavy atom. The molecule has 1 N–H and O–H groups in total. The number of nitrogens with one attached hydrogen (secondary N) is 1. The zero-order chi connectivity index (χ0) is 20.1. The molecule has 29 heavy (non-hydrogen) atoms. The number of benzene rings is 1. The molecule has 1 aliphatic heterocycles. The average molecular weight is 391 g/mol. The van der Waals surface area contributed by atoms with Crippen LogP contribution in [-0.2, 0) is 4.79 Å². The molecule has 3 aromatic rings. The first-order chi connectivity index (χ1) is 14.2. The van der Waals surface area contributed by atoms with Gasteiger partial charge in [-0.2, -0.15) is 0 Å². The van der Waals surface area contributed by atoms with Crippen LogP contribution >= 0.6 is 0 Å². The van der Waals surface area contributed by atoms with Gasteiger partial charge in [0.1, 0.15) is 17.3 Å². The van der Waals surface area contributed by atoms with E-state index in [1.54, 1.807) is 36.4 Å². The number of aromatic nitrogens is 2. The molecule has 0 spiro atoms. The summed E-state index contributed by atoms with van der Waals surface area (Å²) >= 11 is 0. The van der Waals surface area contributed by atoms with Crippen LogP contribution in [-0.4, -0.2) is 34.1 Å². The fraction of sp³-hybridized carbons (Fsp3) is 0.227. The van der Waals surface area contributed by atoms with Crippen LogP contribution < -0.4 is 14.8 Å². The SMILES string of the molecule is O=C(Oc1ccc(O[C@@H]2CCCCNC2=O)cc1)c1ccc(-n2cccc2)nc1. The molecule has 1 atom stereocenters. The van der Waals surface area contributed by atoms with Crippen molar-refractivity contribution in [2.75, 3.05) is 6.54 Å². The Balaban J connectivity index is 1.36. The molecule has 1 saturated heterocycles. The lowest BCUT2D eigenvalue weighted by Crippen LogP contribution is -2.36. The molecule has 7 heteroatoms. The third-order valence-corrected chi connectivity index (χ3v) is 4.65. The molecule has 2 aromatic heterocycles. The van der Waals surface area contributed by atoms with Gasteiger partial charge < -0.3 is 19.4 Å². The van der Waals surface area contributed by atoms with Gasteiger partial charge in [0, 0.05) is 25.1 Å². The topological polar surface area (TPSA) is 82.5 Å². The smallest absolute Gasteiger partial charge is 0.345 e. The van der Waals surface area contributed by atoms with Gasteiger partial charge in [0.25, 0.3) is 5.91 Å². The quantitative estimate of drug-likeness (QED) is 0.534. The minimum absolute atomic E-state index is 0.0890. The van der Waals surface area contributed by atoms with Crippen molar-refractivity contribution in [1.29, 1.82) is 0 Å². The standard InChI is InChI=1S/C22H21N3O4/c26-21-19(5-1-2-12-23-21)28-17-7-9-18(10-8-17)29-22(27)16-6-11-20(24-15-16)25-13-3-4-14-25/h3-4,6-11,13-15,19H,1-2,5,12H2,(H,23,26)/t19-/m1/s1. The second kappa shape index (κ2) is 8.60. The van der Waals surface area contributed by atoms with Gasteiger partial charge in [0.2, 0.25) is 0 Å². The fourth-order valence-electron chi connectivity index (χ4n) is 3.09. The predicted octanol–water partition coefficient (Wildman–Crippen LogP) is 3.14. The Labute approximate surface area is 168 Å². The van der Waals surface area contributed by atoms with Crippen molar-refractivity contribution in [3.05, 3.63) is 72.7 Å². The summed E-state index contributed by atoms with van der Waals surface area (Å²) in [4.78, 5) is 28.6. The predicted molar refractivity (Wildman–Crippen MR) is 106 cm³/mol. The van der Waals surface area contributed by atoms with Crippen molar-refractivity contribution in [2.24, 2.45) is 0 Å². The lowest BCUT2D eigenvalue weighted by Gasteiger charge is -2.16.